The molecule has 4 N–H and O–H groups in total. The van der Waals surface area contributed by atoms with Gasteiger partial charge in [-0.3, -0.25) is 4.68 Å². The summed E-state index contributed by atoms with van der Waals surface area (Å²) < 4.78 is 1.70. The highest BCUT2D eigenvalue weighted by Gasteiger charge is 2.14. The van der Waals surface area contributed by atoms with E-state index >= 15 is 0 Å². The Labute approximate surface area is 196 Å². The molecule has 8 nitrogen and oxygen atoms in total. The van der Waals surface area contributed by atoms with E-state index < -0.39 is 0 Å². The van der Waals surface area contributed by atoms with E-state index in [4.69, 9.17) is 16.6 Å². The molecule has 0 saturated carbocycles. The summed E-state index contributed by atoms with van der Waals surface area (Å²) >= 11 is 6.12. The molecule has 0 fully saturated rings. The van der Waals surface area contributed by atoms with Crippen LogP contribution in [0.5, 0.6) is 0 Å². The van der Waals surface area contributed by atoms with E-state index in [0.717, 1.165) is 42.0 Å². The van der Waals surface area contributed by atoms with Crippen molar-refractivity contribution in [2.45, 2.75) is 19.5 Å². The van der Waals surface area contributed by atoms with E-state index in [1.54, 1.807) is 17.1 Å². The summed E-state index contributed by atoms with van der Waals surface area (Å²) in [5.41, 5.74) is 6.09. The zero-order valence-corrected chi connectivity index (χ0v) is 18.7. The van der Waals surface area contributed by atoms with Crippen molar-refractivity contribution in [3.63, 3.8) is 0 Å². The van der Waals surface area contributed by atoms with Gasteiger partial charge in [-0.05, 0) is 54.4 Å². The molecule has 0 amide bonds. The first-order valence-electron chi connectivity index (χ1n) is 10.8. The second-order valence-corrected chi connectivity index (χ2v) is 8.28. The number of nitrogens with zero attached hydrogens (tertiary/aromatic N) is 4. The number of nitrogens with one attached hydrogen (secondary N) is 3. The summed E-state index contributed by atoms with van der Waals surface area (Å²) in [5, 5.41) is 24.3. The number of aliphatic hydroxyl groups is 1. The van der Waals surface area contributed by atoms with Gasteiger partial charge < -0.3 is 21.1 Å². The van der Waals surface area contributed by atoms with Gasteiger partial charge in [0.05, 0.1) is 19.3 Å². The SMILES string of the molecule is OCCn1cc(-c2cnc(Nc3cccc(Cl)c3)nc2Nc2ccc3c(c2)CNCC3)cn1. The van der Waals surface area contributed by atoms with E-state index in [0.29, 0.717) is 23.3 Å². The predicted octanol–water partition coefficient (Wildman–Crippen LogP) is 4.12. The van der Waals surface area contributed by atoms with Crippen LogP contribution in [0, 0.1) is 0 Å². The smallest absolute Gasteiger partial charge is 0.229 e. The Balaban J connectivity index is 1.50. The van der Waals surface area contributed by atoms with Crippen molar-refractivity contribution in [3.05, 3.63) is 77.2 Å². The molecular weight excluding hydrogens is 438 g/mol. The lowest BCUT2D eigenvalue weighted by Gasteiger charge is -2.19. The van der Waals surface area contributed by atoms with Crippen LogP contribution in [0.4, 0.5) is 23.1 Å². The van der Waals surface area contributed by atoms with Crippen molar-refractivity contribution in [2.75, 3.05) is 23.8 Å². The highest BCUT2D eigenvalue weighted by atomic mass is 35.5. The van der Waals surface area contributed by atoms with Gasteiger partial charge >= 0.3 is 0 Å². The first-order valence-corrected chi connectivity index (χ1v) is 11.2. The molecule has 0 unspecified atom stereocenters. The largest absolute Gasteiger partial charge is 0.394 e. The summed E-state index contributed by atoms with van der Waals surface area (Å²) in [4.78, 5) is 9.26. The molecule has 3 heterocycles. The fraction of sp³-hybridized carbons (Fsp3) is 0.208. The van der Waals surface area contributed by atoms with E-state index in [2.05, 4.69) is 44.2 Å². The predicted molar refractivity (Wildman–Crippen MR) is 130 cm³/mol. The van der Waals surface area contributed by atoms with Gasteiger partial charge in [0, 0.05) is 46.5 Å². The van der Waals surface area contributed by atoms with Crippen molar-refractivity contribution in [1.29, 1.82) is 0 Å². The van der Waals surface area contributed by atoms with Crippen molar-refractivity contribution in [3.8, 4) is 11.1 Å². The lowest BCUT2D eigenvalue weighted by Crippen LogP contribution is -2.23. The number of benzene rings is 2. The molecule has 2 aromatic heterocycles. The minimum atomic E-state index is 0.0222. The maximum atomic E-state index is 9.22. The monoisotopic (exact) mass is 461 g/mol. The number of hydrogen-bond donors (Lipinski definition) is 4. The Kier molecular flexibility index (Phi) is 6.21. The molecule has 1 aliphatic rings. The lowest BCUT2D eigenvalue weighted by atomic mass is 10.0. The van der Waals surface area contributed by atoms with Gasteiger partial charge in [-0.15, -0.1) is 0 Å². The van der Waals surface area contributed by atoms with Crippen LogP contribution in [-0.2, 0) is 19.5 Å². The van der Waals surface area contributed by atoms with Crippen LogP contribution in [0.2, 0.25) is 5.02 Å². The second kappa shape index (κ2) is 9.58. The lowest BCUT2D eigenvalue weighted by molar-refractivity contribution is 0.269. The molecule has 0 saturated heterocycles. The van der Waals surface area contributed by atoms with Gasteiger partial charge in [-0.1, -0.05) is 23.7 Å². The molecule has 0 radical (unpaired) electrons. The van der Waals surface area contributed by atoms with E-state index in [1.165, 1.54) is 11.1 Å². The minimum Gasteiger partial charge on any atom is -0.394 e. The molecule has 0 bridgehead atoms. The third-order valence-corrected chi connectivity index (χ3v) is 5.73. The molecule has 168 valence electrons. The van der Waals surface area contributed by atoms with E-state index in [-0.39, 0.29) is 6.61 Å². The van der Waals surface area contributed by atoms with Crippen LogP contribution in [0.25, 0.3) is 11.1 Å². The fourth-order valence-corrected chi connectivity index (χ4v) is 4.06. The third kappa shape index (κ3) is 4.98. The van der Waals surface area contributed by atoms with Gasteiger partial charge in [-0.25, -0.2) is 4.98 Å². The maximum Gasteiger partial charge on any atom is 0.229 e. The Morgan fingerprint density at radius 2 is 1.97 bits per heavy atom. The normalized spacial score (nSPS) is 12.9. The van der Waals surface area contributed by atoms with Crippen LogP contribution in [0.15, 0.2) is 61.1 Å². The van der Waals surface area contributed by atoms with Gasteiger partial charge in [0.15, 0.2) is 0 Å². The molecule has 0 aliphatic carbocycles. The number of rotatable bonds is 7. The second-order valence-electron chi connectivity index (χ2n) is 7.84. The van der Waals surface area contributed by atoms with Crippen molar-refractivity contribution in [2.24, 2.45) is 0 Å². The molecule has 1 aliphatic heterocycles. The summed E-state index contributed by atoms with van der Waals surface area (Å²) in [6.07, 6.45) is 6.43. The highest BCUT2D eigenvalue weighted by molar-refractivity contribution is 6.30. The Hall–Kier alpha value is -3.46. The van der Waals surface area contributed by atoms with E-state index in [9.17, 15) is 5.11 Å². The number of halogens is 1. The molecule has 2 aromatic carbocycles. The molecule has 0 atom stereocenters. The zero-order chi connectivity index (χ0) is 22.6. The van der Waals surface area contributed by atoms with Crippen molar-refractivity contribution in [1.82, 2.24) is 25.1 Å². The minimum absolute atomic E-state index is 0.0222. The molecule has 9 heteroatoms. The average Bonchev–Trinajstić information content (AvgIpc) is 3.28. The summed E-state index contributed by atoms with van der Waals surface area (Å²) in [6, 6.07) is 13.8. The quantitative estimate of drug-likeness (QED) is 0.328. The first-order chi connectivity index (χ1) is 16.2. The van der Waals surface area contributed by atoms with Crippen LogP contribution < -0.4 is 16.0 Å². The summed E-state index contributed by atoms with van der Waals surface area (Å²) in [7, 11) is 0. The number of fused-ring (bicyclic) bond motifs is 1. The first kappa shape index (κ1) is 21.4. The molecule has 33 heavy (non-hydrogen) atoms. The van der Waals surface area contributed by atoms with Gasteiger partial charge in [0.1, 0.15) is 5.82 Å². The molecule has 4 aromatic rings. The van der Waals surface area contributed by atoms with Crippen LogP contribution >= 0.6 is 11.6 Å². The number of aliphatic hydroxyl groups excluding tert-OH is 1. The molecule has 5 rings (SSSR count). The average molecular weight is 462 g/mol. The van der Waals surface area contributed by atoms with Gasteiger partial charge in [-0.2, -0.15) is 10.1 Å². The Morgan fingerprint density at radius 1 is 1.06 bits per heavy atom. The van der Waals surface area contributed by atoms with Crippen molar-refractivity contribution >= 4 is 34.7 Å². The van der Waals surface area contributed by atoms with E-state index in [1.807, 2.05) is 30.5 Å². The van der Waals surface area contributed by atoms with Gasteiger partial charge in [0.2, 0.25) is 5.95 Å². The van der Waals surface area contributed by atoms with Crippen LogP contribution in [0.1, 0.15) is 11.1 Å². The topological polar surface area (TPSA) is 99.9 Å². The number of hydrogen-bond acceptors (Lipinski definition) is 7. The highest BCUT2D eigenvalue weighted by Crippen LogP contribution is 2.31. The number of anilines is 4. The fourth-order valence-electron chi connectivity index (χ4n) is 3.87. The maximum absolute atomic E-state index is 9.22. The van der Waals surface area contributed by atoms with Crippen molar-refractivity contribution < 1.29 is 5.11 Å². The van der Waals surface area contributed by atoms with Crippen LogP contribution in [0.3, 0.4) is 0 Å². The zero-order valence-electron chi connectivity index (χ0n) is 17.9. The molecular formula is C24H24ClN7O. The summed E-state index contributed by atoms with van der Waals surface area (Å²) in [5.74, 6) is 1.10. The van der Waals surface area contributed by atoms with Crippen LogP contribution in [-0.4, -0.2) is 38.0 Å². The number of aromatic nitrogens is 4. The summed E-state index contributed by atoms with van der Waals surface area (Å²) in [6.45, 7) is 2.31. The Morgan fingerprint density at radius 3 is 2.85 bits per heavy atom. The Bertz CT molecular complexity index is 1270. The molecule has 0 spiro atoms. The third-order valence-electron chi connectivity index (χ3n) is 5.50. The standard InChI is InChI=1S/C24H24ClN7O/c25-19-2-1-3-20(11-19)30-24-27-14-22(18-13-28-32(15-18)8-9-33)23(31-24)29-21-5-4-16-6-7-26-12-17(16)10-21/h1-5,10-11,13-15,26,33H,6-9,12H2,(H2,27,29,30,31). The van der Waals surface area contributed by atoms with Gasteiger partial charge in [0.25, 0.3) is 0 Å².